The average molecular weight is 553 g/mol. The zero-order valence-corrected chi connectivity index (χ0v) is 24.8. The smallest absolute Gasteiger partial charge is 0.247 e. The Kier molecular flexibility index (Phi) is 12.9. The van der Waals surface area contributed by atoms with Crippen molar-refractivity contribution < 1.29 is 8.42 Å². The lowest BCUT2D eigenvalue weighted by Crippen LogP contribution is -2.25. The third-order valence-electron chi connectivity index (χ3n) is 7.45. The van der Waals surface area contributed by atoms with Gasteiger partial charge in [0.25, 0.3) is 0 Å². The highest BCUT2D eigenvalue weighted by atomic mass is 32.2. The highest BCUT2D eigenvalue weighted by Crippen LogP contribution is 2.22. The molecule has 0 fully saturated rings. The molecular weight excluding hydrogens is 504 g/mol. The van der Waals surface area contributed by atoms with Gasteiger partial charge in [0.05, 0.1) is 22.3 Å². The summed E-state index contributed by atoms with van der Waals surface area (Å²) in [6.45, 7) is 2.26. The van der Waals surface area contributed by atoms with E-state index >= 15 is 0 Å². The van der Waals surface area contributed by atoms with Crippen LogP contribution >= 0.6 is 0 Å². The van der Waals surface area contributed by atoms with Crippen LogP contribution in [0.15, 0.2) is 59.7 Å². The second-order valence-electron chi connectivity index (χ2n) is 10.7. The summed E-state index contributed by atoms with van der Waals surface area (Å²) in [7, 11) is -1.50. The van der Waals surface area contributed by atoms with Crippen molar-refractivity contribution in [1.29, 1.82) is 0 Å². The van der Waals surface area contributed by atoms with Crippen LogP contribution < -0.4 is 15.9 Å². The van der Waals surface area contributed by atoms with Gasteiger partial charge in [-0.2, -0.15) is 5.10 Å². The van der Waals surface area contributed by atoms with Crippen LogP contribution in [0.25, 0.3) is 22.2 Å². The van der Waals surface area contributed by atoms with Gasteiger partial charge in [-0.25, -0.2) is 13.2 Å². The summed E-state index contributed by atoms with van der Waals surface area (Å²) in [6, 6.07) is 17.4. The molecule has 1 aromatic heterocycles. The Morgan fingerprint density at radius 1 is 0.769 bits per heavy atom. The van der Waals surface area contributed by atoms with Gasteiger partial charge >= 0.3 is 0 Å². The number of anilines is 1. The van der Waals surface area contributed by atoms with Crippen molar-refractivity contribution in [2.75, 3.05) is 11.5 Å². The molecule has 6 nitrogen and oxygen atoms in total. The number of unbranched alkanes of at least 4 members (excludes halogenated alkanes) is 13. The third kappa shape index (κ3) is 10.4. The topological polar surface area (TPSA) is 89.5 Å². The first-order chi connectivity index (χ1) is 18.9. The summed E-state index contributed by atoms with van der Waals surface area (Å²) in [4.78, 5) is 2.49. The number of pyridine rings is 1. The Morgan fingerprint density at radius 3 is 1.90 bits per heavy atom. The first-order valence-electron chi connectivity index (χ1n) is 14.9. The van der Waals surface area contributed by atoms with E-state index in [4.69, 9.17) is 5.73 Å². The van der Waals surface area contributed by atoms with Crippen molar-refractivity contribution >= 4 is 26.6 Å². The minimum atomic E-state index is -3.50. The second-order valence-corrected chi connectivity index (χ2v) is 12.6. The lowest BCUT2D eigenvalue weighted by molar-refractivity contribution is 0.536. The van der Waals surface area contributed by atoms with Gasteiger partial charge in [0.2, 0.25) is 10.0 Å². The van der Waals surface area contributed by atoms with Crippen LogP contribution in [0.4, 0.5) is 5.69 Å². The number of nitrogens with one attached hydrogen (secondary N) is 1. The number of hydrogen-bond acceptors (Lipinski definition) is 4. The van der Waals surface area contributed by atoms with Crippen LogP contribution in [0.3, 0.4) is 0 Å². The molecule has 0 aliphatic heterocycles. The molecule has 39 heavy (non-hydrogen) atoms. The minimum Gasteiger partial charge on any atom is -0.399 e. The van der Waals surface area contributed by atoms with Gasteiger partial charge in [-0.3, -0.25) is 0 Å². The molecule has 1 heterocycles. The zero-order chi connectivity index (χ0) is 27.9. The van der Waals surface area contributed by atoms with E-state index in [0.29, 0.717) is 17.5 Å². The Bertz CT molecular complexity index is 1310. The van der Waals surface area contributed by atoms with E-state index in [1.165, 1.54) is 70.6 Å². The summed E-state index contributed by atoms with van der Waals surface area (Å²) in [5.41, 5.74) is 9.45. The Labute approximate surface area is 235 Å². The molecule has 0 unspecified atom stereocenters. The summed E-state index contributed by atoms with van der Waals surface area (Å²) in [6.07, 6.45) is 17.4. The normalized spacial score (nSPS) is 12.3. The molecule has 0 bridgehead atoms. The number of nitrogens with zero attached hydrogens (tertiary/aromatic N) is 2. The summed E-state index contributed by atoms with van der Waals surface area (Å²) in [5.74, 6) is 0.0951. The van der Waals surface area contributed by atoms with Crippen LogP contribution in [-0.4, -0.2) is 18.7 Å². The van der Waals surface area contributed by atoms with Crippen molar-refractivity contribution in [2.45, 2.75) is 96.8 Å². The van der Waals surface area contributed by atoms with Crippen molar-refractivity contribution in [3.8, 4) is 11.3 Å². The number of sulfonamides is 1. The molecule has 7 heteroatoms. The summed E-state index contributed by atoms with van der Waals surface area (Å²) >= 11 is 0. The van der Waals surface area contributed by atoms with Crippen molar-refractivity contribution in [3.63, 3.8) is 0 Å². The molecule has 3 aromatic rings. The largest absolute Gasteiger partial charge is 0.399 e. The second kappa shape index (κ2) is 16.3. The number of rotatable bonds is 18. The number of nitrogens with two attached hydrogens (primary N) is 1. The van der Waals surface area contributed by atoms with Crippen LogP contribution in [0, 0.1) is 0 Å². The highest BCUT2D eigenvalue weighted by molar-refractivity contribution is 7.89. The summed E-state index contributed by atoms with van der Waals surface area (Å²) in [5, 5.41) is 5.84. The molecule has 3 N–H and O–H groups in total. The number of hydrogen-bond donors (Lipinski definition) is 2. The molecule has 0 saturated carbocycles. The summed E-state index contributed by atoms with van der Waals surface area (Å²) < 4.78 is 27.5. The van der Waals surface area contributed by atoms with E-state index in [0.717, 1.165) is 35.0 Å². The number of nitrogen functional groups attached to an aromatic ring is 1. The van der Waals surface area contributed by atoms with E-state index in [1.54, 1.807) is 0 Å². The Balaban J connectivity index is 1.46. The molecule has 214 valence electrons. The number of fused-ring (bicyclic) bond motifs is 1. The number of aromatic nitrogens is 1. The minimum absolute atomic E-state index is 0.0951. The van der Waals surface area contributed by atoms with Crippen molar-refractivity contribution in [1.82, 2.24) is 9.40 Å². The fourth-order valence-corrected chi connectivity index (χ4v) is 6.00. The SMILES string of the molecule is CCCCCCCCCCCCCCCCS(=O)(=O)N/N=c1/cc(-c2ccc(N)cc2)n(C)c2ccccc12. The van der Waals surface area contributed by atoms with E-state index < -0.39 is 10.0 Å². The monoisotopic (exact) mass is 552 g/mol. The predicted molar refractivity (Wildman–Crippen MR) is 166 cm³/mol. The molecule has 0 radical (unpaired) electrons. The Morgan fingerprint density at radius 2 is 1.31 bits per heavy atom. The van der Waals surface area contributed by atoms with Crippen LogP contribution in [0.5, 0.6) is 0 Å². The first kappa shape index (κ1) is 30.7. The van der Waals surface area contributed by atoms with Crippen molar-refractivity contribution in [2.24, 2.45) is 12.1 Å². The van der Waals surface area contributed by atoms with Gasteiger partial charge in [-0.1, -0.05) is 121 Å². The number of para-hydroxylation sites is 1. The fourth-order valence-electron chi connectivity index (χ4n) is 5.09. The molecule has 0 saturated heterocycles. The van der Waals surface area contributed by atoms with Gasteiger partial charge in [0, 0.05) is 18.1 Å². The zero-order valence-electron chi connectivity index (χ0n) is 24.0. The molecule has 0 aliphatic carbocycles. The maximum absolute atomic E-state index is 12.7. The lowest BCUT2D eigenvalue weighted by Gasteiger charge is -2.14. The number of benzene rings is 2. The van der Waals surface area contributed by atoms with Gasteiger partial charge in [-0.05, 0) is 36.2 Å². The molecule has 0 spiro atoms. The molecule has 3 rings (SSSR count). The predicted octanol–water partition coefficient (Wildman–Crippen LogP) is 7.64. The maximum atomic E-state index is 12.7. The molecule has 0 atom stereocenters. The van der Waals surface area contributed by atoms with E-state index in [-0.39, 0.29) is 5.75 Å². The molecular formula is C32H48N4O2S. The van der Waals surface area contributed by atoms with Gasteiger partial charge in [-0.15, -0.1) is 0 Å². The Hall–Kier alpha value is -2.80. The molecule has 0 aliphatic rings. The van der Waals surface area contributed by atoms with Gasteiger partial charge in [0.15, 0.2) is 0 Å². The van der Waals surface area contributed by atoms with Gasteiger partial charge < -0.3 is 10.3 Å². The molecule has 0 amide bonds. The average Bonchev–Trinajstić information content (AvgIpc) is 2.93. The van der Waals surface area contributed by atoms with Crippen LogP contribution in [0.2, 0.25) is 0 Å². The van der Waals surface area contributed by atoms with Crippen LogP contribution in [0.1, 0.15) is 96.8 Å². The van der Waals surface area contributed by atoms with Crippen LogP contribution in [-0.2, 0) is 17.1 Å². The molecule has 2 aromatic carbocycles. The van der Waals surface area contributed by atoms with Gasteiger partial charge in [0.1, 0.15) is 0 Å². The fraction of sp³-hybridized carbons (Fsp3) is 0.531. The van der Waals surface area contributed by atoms with E-state index in [9.17, 15) is 8.42 Å². The van der Waals surface area contributed by atoms with Crippen molar-refractivity contribution in [3.05, 3.63) is 60.0 Å². The lowest BCUT2D eigenvalue weighted by atomic mass is 10.0. The quantitative estimate of drug-likeness (QED) is 0.0965. The number of aryl methyl sites for hydroxylation is 1. The maximum Gasteiger partial charge on any atom is 0.247 e. The van der Waals surface area contributed by atoms with E-state index in [2.05, 4.69) is 21.4 Å². The highest BCUT2D eigenvalue weighted by Gasteiger charge is 2.10. The third-order valence-corrected chi connectivity index (χ3v) is 8.65. The first-order valence-corrected chi connectivity index (χ1v) is 16.5. The standard InChI is InChI=1S/C32H48N4O2S/c1-3-4-5-6-7-8-9-10-11-12-13-14-15-18-25-39(37,38)35-34-30-26-32(27-21-23-28(33)24-22-27)36(2)31-20-17-16-19-29(30)31/h16-17,19-24,26,35H,3-15,18,25,33H2,1-2H3/b34-30-. The van der Waals surface area contributed by atoms with E-state index in [1.807, 2.05) is 61.6 Å².